The van der Waals surface area contributed by atoms with Crippen LogP contribution < -0.4 is 4.74 Å². The first-order valence-corrected chi connectivity index (χ1v) is 6.37. The standard InChI is InChI=1S/C12H7F3N2O2S/c13-12(14,15)5-18-7-3-8(11-16-1-2-20-11)10-9(4-7)17-6-19-10/h1-4,6H,5H2. The van der Waals surface area contributed by atoms with Gasteiger partial charge in [-0.25, -0.2) is 9.97 Å². The lowest BCUT2D eigenvalue weighted by atomic mass is 10.2. The summed E-state index contributed by atoms with van der Waals surface area (Å²) in [5.74, 6) is 0.0777. The SMILES string of the molecule is FC(F)(F)COc1cc(-c2nccs2)c2ocnc2c1. The van der Waals surface area contributed by atoms with E-state index in [-0.39, 0.29) is 5.75 Å². The molecule has 3 rings (SSSR count). The Bertz CT molecular complexity index is 722. The molecule has 1 aromatic carbocycles. The van der Waals surface area contributed by atoms with Crippen LogP contribution in [0.15, 0.2) is 34.5 Å². The lowest BCUT2D eigenvalue weighted by Gasteiger charge is -2.09. The van der Waals surface area contributed by atoms with Gasteiger partial charge < -0.3 is 9.15 Å². The zero-order valence-electron chi connectivity index (χ0n) is 9.85. The number of hydrogen-bond donors (Lipinski definition) is 0. The van der Waals surface area contributed by atoms with Gasteiger partial charge in [-0.1, -0.05) is 0 Å². The van der Waals surface area contributed by atoms with Crippen molar-refractivity contribution in [2.75, 3.05) is 6.61 Å². The second-order valence-electron chi connectivity index (χ2n) is 3.91. The van der Waals surface area contributed by atoms with Crippen LogP contribution in [0, 0.1) is 0 Å². The van der Waals surface area contributed by atoms with Gasteiger partial charge in [0.2, 0.25) is 0 Å². The molecule has 2 aromatic heterocycles. The van der Waals surface area contributed by atoms with Crippen molar-refractivity contribution < 1.29 is 22.3 Å². The molecule has 0 atom stereocenters. The van der Waals surface area contributed by atoms with E-state index in [4.69, 9.17) is 9.15 Å². The molecule has 3 aromatic rings. The van der Waals surface area contributed by atoms with Crippen LogP contribution in [0.1, 0.15) is 0 Å². The molecule has 0 bridgehead atoms. The van der Waals surface area contributed by atoms with Crippen molar-refractivity contribution in [1.82, 2.24) is 9.97 Å². The maximum absolute atomic E-state index is 12.2. The van der Waals surface area contributed by atoms with E-state index >= 15 is 0 Å². The number of thiazole rings is 1. The van der Waals surface area contributed by atoms with E-state index in [1.165, 1.54) is 29.9 Å². The molecule has 20 heavy (non-hydrogen) atoms. The summed E-state index contributed by atoms with van der Waals surface area (Å²) in [6.07, 6.45) is -1.55. The minimum absolute atomic E-state index is 0.0777. The highest BCUT2D eigenvalue weighted by molar-refractivity contribution is 7.13. The molecule has 0 aliphatic heterocycles. The lowest BCUT2D eigenvalue weighted by Crippen LogP contribution is -2.19. The summed E-state index contributed by atoms with van der Waals surface area (Å²) < 4.78 is 46.6. The van der Waals surface area contributed by atoms with Crippen LogP contribution in [0.3, 0.4) is 0 Å². The van der Waals surface area contributed by atoms with Crippen molar-refractivity contribution in [3.8, 4) is 16.3 Å². The van der Waals surface area contributed by atoms with Gasteiger partial charge in [0.25, 0.3) is 0 Å². The highest BCUT2D eigenvalue weighted by Gasteiger charge is 2.28. The van der Waals surface area contributed by atoms with Crippen LogP contribution in [0.4, 0.5) is 13.2 Å². The fourth-order valence-electron chi connectivity index (χ4n) is 1.71. The Morgan fingerprint density at radius 2 is 2.10 bits per heavy atom. The lowest BCUT2D eigenvalue weighted by molar-refractivity contribution is -0.153. The van der Waals surface area contributed by atoms with Crippen LogP contribution in [0.5, 0.6) is 5.75 Å². The number of aromatic nitrogens is 2. The molecule has 0 spiro atoms. The zero-order chi connectivity index (χ0) is 14.2. The molecule has 0 fully saturated rings. The maximum Gasteiger partial charge on any atom is 0.422 e. The van der Waals surface area contributed by atoms with E-state index in [9.17, 15) is 13.2 Å². The summed E-state index contributed by atoms with van der Waals surface area (Å²) in [6.45, 7) is -1.35. The van der Waals surface area contributed by atoms with Crippen molar-refractivity contribution in [2.24, 2.45) is 0 Å². The summed E-state index contributed by atoms with van der Waals surface area (Å²) in [6, 6.07) is 2.87. The monoisotopic (exact) mass is 300 g/mol. The van der Waals surface area contributed by atoms with Crippen LogP contribution in [-0.2, 0) is 0 Å². The van der Waals surface area contributed by atoms with Crippen molar-refractivity contribution in [2.45, 2.75) is 6.18 Å². The smallest absolute Gasteiger partial charge is 0.422 e. The van der Waals surface area contributed by atoms with E-state index < -0.39 is 12.8 Å². The Labute approximate surface area is 114 Å². The molecule has 0 aliphatic carbocycles. The molecule has 0 N–H and O–H groups in total. The van der Waals surface area contributed by atoms with Gasteiger partial charge in [0.1, 0.15) is 16.3 Å². The fourth-order valence-corrected chi connectivity index (χ4v) is 2.36. The summed E-state index contributed by atoms with van der Waals surface area (Å²) in [4.78, 5) is 8.06. The quantitative estimate of drug-likeness (QED) is 0.736. The second kappa shape index (κ2) is 4.78. The number of halogens is 3. The van der Waals surface area contributed by atoms with E-state index in [1.807, 2.05) is 0 Å². The topological polar surface area (TPSA) is 48.2 Å². The van der Waals surface area contributed by atoms with Gasteiger partial charge in [0.05, 0.1) is 5.56 Å². The molecular formula is C12H7F3N2O2S. The molecule has 0 saturated carbocycles. The molecule has 0 amide bonds. The predicted molar refractivity (Wildman–Crippen MR) is 66.7 cm³/mol. The highest BCUT2D eigenvalue weighted by Crippen LogP contribution is 2.34. The number of hydrogen-bond acceptors (Lipinski definition) is 5. The van der Waals surface area contributed by atoms with Gasteiger partial charge in [-0.2, -0.15) is 13.2 Å². The molecule has 2 heterocycles. The molecule has 104 valence electrons. The van der Waals surface area contributed by atoms with Crippen LogP contribution in [0.25, 0.3) is 21.7 Å². The van der Waals surface area contributed by atoms with Gasteiger partial charge in [0.15, 0.2) is 18.6 Å². The number of nitrogens with zero attached hydrogens (tertiary/aromatic N) is 2. The molecule has 0 aliphatic rings. The molecule has 4 nitrogen and oxygen atoms in total. The zero-order valence-corrected chi connectivity index (χ0v) is 10.7. The number of benzene rings is 1. The fraction of sp³-hybridized carbons (Fsp3) is 0.167. The van der Waals surface area contributed by atoms with Crippen LogP contribution in [-0.4, -0.2) is 22.8 Å². The number of alkyl halides is 3. The molecular weight excluding hydrogens is 293 g/mol. The summed E-state index contributed by atoms with van der Waals surface area (Å²) >= 11 is 1.35. The summed E-state index contributed by atoms with van der Waals surface area (Å²) in [5.41, 5.74) is 1.46. The number of ether oxygens (including phenoxy) is 1. The third kappa shape index (κ3) is 2.60. The van der Waals surface area contributed by atoms with Crippen molar-refractivity contribution >= 4 is 22.4 Å². The minimum Gasteiger partial charge on any atom is -0.484 e. The Balaban J connectivity index is 2.02. The molecule has 0 unspecified atom stereocenters. The van der Waals surface area contributed by atoms with Crippen LogP contribution in [0.2, 0.25) is 0 Å². The van der Waals surface area contributed by atoms with Crippen molar-refractivity contribution in [3.05, 3.63) is 30.1 Å². The normalized spacial score (nSPS) is 11.9. The second-order valence-corrected chi connectivity index (χ2v) is 4.81. The summed E-state index contributed by atoms with van der Waals surface area (Å²) in [5, 5.41) is 2.39. The average Bonchev–Trinajstić information content (AvgIpc) is 3.05. The molecule has 8 heteroatoms. The first kappa shape index (κ1) is 12.9. The molecule has 0 radical (unpaired) electrons. The van der Waals surface area contributed by atoms with Gasteiger partial charge in [-0.15, -0.1) is 11.3 Å². The first-order valence-electron chi connectivity index (χ1n) is 5.49. The van der Waals surface area contributed by atoms with E-state index in [0.717, 1.165) is 0 Å². The largest absolute Gasteiger partial charge is 0.484 e. The summed E-state index contributed by atoms with van der Waals surface area (Å²) in [7, 11) is 0. The average molecular weight is 300 g/mol. The number of fused-ring (bicyclic) bond motifs is 1. The van der Waals surface area contributed by atoms with Crippen molar-refractivity contribution in [1.29, 1.82) is 0 Å². The van der Waals surface area contributed by atoms with E-state index in [2.05, 4.69) is 9.97 Å². The highest BCUT2D eigenvalue weighted by atomic mass is 32.1. The molecule has 0 saturated heterocycles. The Hall–Kier alpha value is -2.09. The third-order valence-electron chi connectivity index (χ3n) is 2.47. The van der Waals surface area contributed by atoms with Gasteiger partial charge in [-0.3, -0.25) is 0 Å². The van der Waals surface area contributed by atoms with Crippen LogP contribution >= 0.6 is 11.3 Å². The van der Waals surface area contributed by atoms with Gasteiger partial charge in [0, 0.05) is 17.6 Å². The minimum atomic E-state index is -4.39. The van der Waals surface area contributed by atoms with E-state index in [0.29, 0.717) is 21.7 Å². The Kier molecular flexibility index (Phi) is 3.09. The third-order valence-corrected chi connectivity index (χ3v) is 3.28. The number of oxazole rings is 1. The van der Waals surface area contributed by atoms with E-state index in [1.54, 1.807) is 11.6 Å². The predicted octanol–water partition coefficient (Wildman–Crippen LogP) is 3.89. The van der Waals surface area contributed by atoms with Gasteiger partial charge in [-0.05, 0) is 6.07 Å². The first-order chi connectivity index (χ1) is 9.53. The van der Waals surface area contributed by atoms with Gasteiger partial charge >= 0.3 is 6.18 Å². The maximum atomic E-state index is 12.2. The van der Waals surface area contributed by atoms with Crippen molar-refractivity contribution in [3.63, 3.8) is 0 Å². The number of rotatable bonds is 3. The Morgan fingerprint density at radius 1 is 1.25 bits per heavy atom. The Morgan fingerprint density at radius 3 is 2.80 bits per heavy atom.